The van der Waals surface area contributed by atoms with E-state index in [1.165, 1.54) is 0 Å². The van der Waals surface area contributed by atoms with Gasteiger partial charge in [-0.1, -0.05) is 6.07 Å². The van der Waals surface area contributed by atoms with E-state index in [1.54, 1.807) is 6.20 Å². The summed E-state index contributed by atoms with van der Waals surface area (Å²) >= 11 is 0. The number of hydrogen-bond donors (Lipinski definition) is 1. The van der Waals surface area contributed by atoms with Crippen molar-refractivity contribution >= 4 is 0 Å². The van der Waals surface area contributed by atoms with Gasteiger partial charge in [0.1, 0.15) is 11.9 Å². The van der Waals surface area contributed by atoms with E-state index in [1.807, 2.05) is 24.3 Å². The quantitative estimate of drug-likeness (QED) is 0.813. The fourth-order valence-electron chi connectivity index (χ4n) is 1.64. The number of hydrogen-bond acceptors (Lipinski definition) is 3. The zero-order chi connectivity index (χ0) is 10.5. The van der Waals surface area contributed by atoms with Crippen molar-refractivity contribution in [1.82, 2.24) is 4.98 Å². The molecule has 1 aliphatic heterocycles. The molecule has 2 heterocycles. The average molecular weight is 205 g/mol. The van der Waals surface area contributed by atoms with Gasteiger partial charge in [0.2, 0.25) is 0 Å². The molecule has 1 aromatic heterocycles. The predicted octanol–water partition coefficient (Wildman–Crippen LogP) is 1.68. The van der Waals surface area contributed by atoms with Crippen LogP contribution in [0.25, 0.3) is 0 Å². The van der Waals surface area contributed by atoms with Gasteiger partial charge >= 0.3 is 0 Å². The molecule has 0 amide bonds. The van der Waals surface area contributed by atoms with Crippen LogP contribution in [-0.4, -0.2) is 22.8 Å². The Kier molecular flexibility index (Phi) is 3.35. The number of ether oxygens (including phenoxy) is 1. The average Bonchev–Trinajstić information content (AvgIpc) is 2.81. The number of rotatable bonds is 4. The highest BCUT2D eigenvalue weighted by atomic mass is 16.5. The van der Waals surface area contributed by atoms with Crippen molar-refractivity contribution in [1.29, 1.82) is 0 Å². The molecule has 80 valence electrons. The minimum Gasteiger partial charge on any atom is -0.495 e. The van der Waals surface area contributed by atoms with E-state index in [9.17, 15) is 5.11 Å². The third kappa shape index (κ3) is 2.80. The van der Waals surface area contributed by atoms with Crippen molar-refractivity contribution in [3.8, 4) is 0 Å². The van der Waals surface area contributed by atoms with E-state index in [-0.39, 0.29) is 0 Å². The summed E-state index contributed by atoms with van der Waals surface area (Å²) in [5, 5.41) is 9.79. The van der Waals surface area contributed by atoms with Crippen LogP contribution in [0.15, 0.2) is 36.2 Å². The van der Waals surface area contributed by atoms with E-state index in [2.05, 4.69) is 4.98 Å². The molecule has 0 aromatic carbocycles. The second-order valence-electron chi connectivity index (χ2n) is 3.62. The largest absolute Gasteiger partial charge is 0.495 e. The smallest absolute Gasteiger partial charge is 0.121 e. The lowest BCUT2D eigenvalue weighted by Gasteiger charge is -2.11. The second kappa shape index (κ2) is 4.94. The lowest BCUT2D eigenvalue weighted by atomic mass is 10.1. The first-order valence-corrected chi connectivity index (χ1v) is 5.27. The SMILES string of the molecule is OC(CCc1ccccn1)C1=CCCO1. The third-order valence-corrected chi connectivity index (χ3v) is 2.46. The van der Waals surface area contributed by atoms with Crippen molar-refractivity contribution in [2.45, 2.75) is 25.4 Å². The van der Waals surface area contributed by atoms with Gasteiger partial charge in [0, 0.05) is 18.3 Å². The highest BCUT2D eigenvalue weighted by Gasteiger charge is 2.15. The zero-order valence-corrected chi connectivity index (χ0v) is 8.60. The van der Waals surface area contributed by atoms with Gasteiger partial charge in [-0.2, -0.15) is 0 Å². The summed E-state index contributed by atoms with van der Waals surface area (Å²) in [6.45, 7) is 0.704. The van der Waals surface area contributed by atoms with Crippen LogP contribution >= 0.6 is 0 Å². The first-order valence-electron chi connectivity index (χ1n) is 5.27. The van der Waals surface area contributed by atoms with Gasteiger partial charge in [0.25, 0.3) is 0 Å². The summed E-state index contributed by atoms with van der Waals surface area (Å²) in [4.78, 5) is 4.21. The Morgan fingerprint density at radius 3 is 3.07 bits per heavy atom. The van der Waals surface area contributed by atoms with Gasteiger partial charge in [-0.25, -0.2) is 0 Å². The van der Waals surface area contributed by atoms with Gasteiger partial charge in [-0.05, 0) is 31.1 Å². The normalized spacial score (nSPS) is 17.0. The zero-order valence-electron chi connectivity index (χ0n) is 8.60. The van der Waals surface area contributed by atoms with Crippen LogP contribution in [0.2, 0.25) is 0 Å². The lowest BCUT2D eigenvalue weighted by molar-refractivity contribution is 0.112. The first kappa shape index (κ1) is 10.2. The van der Waals surface area contributed by atoms with Crippen LogP contribution in [0.5, 0.6) is 0 Å². The Labute approximate surface area is 89.4 Å². The molecular formula is C12H15NO2. The predicted molar refractivity (Wildman–Crippen MR) is 57.2 cm³/mol. The van der Waals surface area contributed by atoms with Crippen molar-refractivity contribution in [2.75, 3.05) is 6.61 Å². The molecule has 0 saturated carbocycles. The van der Waals surface area contributed by atoms with E-state index < -0.39 is 6.10 Å². The van der Waals surface area contributed by atoms with Gasteiger partial charge in [-0.3, -0.25) is 4.98 Å². The topological polar surface area (TPSA) is 42.4 Å². The first-order chi connectivity index (χ1) is 7.36. The van der Waals surface area contributed by atoms with Gasteiger partial charge < -0.3 is 9.84 Å². The number of aryl methyl sites for hydroxylation is 1. The van der Waals surface area contributed by atoms with E-state index in [0.717, 1.165) is 24.3 Å². The molecule has 3 heteroatoms. The molecule has 15 heavy (non-hydrogen) atoms. The van der Waals surface area contributed by atoms with Gasteiger partial charge in [-0.15, -0.1) is 0 Å². The van der Waals surface area contributed by atoms with Crippen LogP contribution in [-0.2, 0) is 11.2 Å². The molecule has 1 atom stereocenters. The van der Waals surface area contributed by atoms with Crippen LogP contribution in [0, 0.1) is 0 Å². The fourth-order valence-corrected chi connectivity index (χ4v) is 1.64. The molecule has 0 bridgehead atoms. The highest BCUT2D eigenvalue weighted by molar-refractivity contribution is 5.07. The Morgan fingerprint density at radius 2 is 2.40 bits per heavy atom. The monoisotopic (exact) mass is 205 g/mol. The summed E-state index contributed by atoms with van der Waals surface area (Å²) in [5.74, 6) is 0.728. The van der Waals surface area contributed by atoms with Crippen LogP contribution < -0.4 is 0 Å². The van der Waals surface area contributed by atoms with E-state index in [0.29, 0.717) is 13.0 Å². The summed E-state index contributed by atoms with van der Waals surface area (Å²) in [6, 6.07) is 5.82. The number of aliphatic hydroxyl groups is 1. The molecule has 1 aromatic rings. The molecule has 0 radical (unpaired) electrons. The van der Waals surface area contributed by atoms with Crippen molar-refractivity contribution < 1.29 is 9.84 Å². The van der Waals surface area contributed by atoms with Crippen LogP contribution in [0.4, 0.5) is 0 Å². The standard InChI is InChI=1S/C12H15NO2/c14-11(12-5-3-9-15-12)7-6-10-4-1-2-8-13-10/h1-2,4-5,8,11,14H,3,6-7,9H2. The maximum atomic E-state index is 9.79. The van der Waals surface area contributed by atoms with Crippen molar-refractivity contribution in [3.05, 3.63) is 41.9 Å². The summed E-state index contributed by atoms with van der Waals surface area (Å²) in [5.41, 5.74) is 1.01. The van der Waals surface area contributed by atoms with Crippen LogP contribution in [0.3, 0.4) is 0 Å². The maximum Gasteiger partial charge on any atom is 0.121 e. The maximum absolute atomic E-state index is 9.79. The Morgan fingerprint density at radius 1 is 1.47 bits per heavy atom. The number of aromatic nitrogens is 1. The van der Waals surface area contributed by atoms with Gasteiger partial charge in [0.15, 0.2) is 0 Å². The number of nitrogens with zero attached hydrogens (tertiary/aromatic N) is 1. The molecule has 0 fully saturated rings. The number of pyridine rings is 1. The molecule has 1 unspecified atom stereocenters. The van der Waals surface area contributed by atoms with E-state index >= 15 is 0 Å². The fraction of sp³-hybridized carbons (Fsp3) is 0.417. The van der Waals surface area contributed by atoms with Crippen molar-refractivity contribution in [3.63, 3.8) is 0 Å². The molecule has 1 aliphatic rings. The lowest BCUT2D eigenvalue weighted by Crippen LogP contribution is -2.12. The van der Waals surface area contributed by atoms with Gasteiger partial charge in [0.05, 0.1) is 6.61 Å². The Bertz CT molecular complexity index is 335. The summed E-state index contributed by atoms with van der Waals surface area (Å²) in [7, 11) is 0. The second-order valence-corrected chi connectivity index (χ2v) is 3.62. The Balaban J connectivity index is 1.83. The minimum atomic E-state index is -0.477. The van der Waals surface area contributed by atoms with Crippen LogP contribution in [0.1, 0.15) is 18.5 Å². The summed E-state index contributed by atoms with van der Waals surface area (Å²) in [6.07, 6.45) is 5.62. The summed E-state index contributed by atoms with van der Waals surface area (Å²) < 4.78 is 5.29. The third-order valence-electron chi connectivity index (χ3n) is 2.46. The number of aliphatic hydroxyl groups excluding tert-OH is 1. The molecule has 2 rings (SSSR count). The molecule has 3 nitrogen and oxygen atoms in total. The molecule has 1 N–H and O–H groups in total. The van der Waals surface area contributed by atoms with E-state index in [4.69, 9.17) is 4.74 Å². The van der Waals surface area contributed by atoms with Crippen molar-refractivity contribution in [2.24, 2.45) is 0 Å². The minimum absolute atomic E-state index is 0.477. The molecule has 0 aliphatic carbocycles. The molecular weight excluding hydrogens is 190 g/mol. The highest BCUT2D eigenvalue weighted by Crippen LogP contribution is 2.16. The Hall–Kier alpha value is -1.35. The molecule has 0 spiro atoms. The molecule has 0 saturated heterocycles.